The minimum absolute atomic E-state index is 0.119. The van der Waals surface area contributed by atoms with Crippen molar-refractivity contribution in [1.29, 1.82) is 5.26 Å². The molecule has 1 rings (SSSR count). The monoisotopic (exact) mass is 320 g/mol. The maximum absolute atomic E-state index is 12.2. The van der Waals surface area contributed by atoms with E-state index in [0.717, 1.165) is 0 Å². The molecule has 0 fully saturated rings. The maximum Gasteiger partial charge on any atom is 0.218 e. The summed E-state index contributed by atoms with van der Waals surface area (Å²) in [7, 11) is -3.44. The molecule has 4 nitrogen and oxygen atoms in total. The van der Waals surface area contributed by atoms with Crippen LogP contribution in [0.3, 0.4) is 0 Å². The van der Waals surface area contributed by atoms with Gasteiger partial charge in [-0.3, -0.25) is 0 Å². The Hall–Kier alpha value is -0.800. The fourth-order valence-electron chi connectivity index (χ4n) is 1.56. The van der Waals surface area contributed by atoms with E-state index in [-0.39, 0.29) is 30.6 Å². The first-order chi connectivity index (χ1) is 9.03. The SMILES string of the molecule is N#Cc1ccc(CS(=O)(=O)N(CCCl)CCCl)cc1. The van der Waals surface area contributed by atoms with Crippen LogP contribution in [0.15, 0.2) is 24.3 Å². The van der Waals surface area contributed by atoms with Crippen molar-refractivity contribution in [3.63, 3.8) is 0 Å². The number of alkyl halides is 2. The third kappa shape index (κ3) is 5.00. The van der Waals surface area contributed by atoms with E-state index in [2.05, 4.69) is 0 Å². The smallest absolute Gasteiger partial charge is 0.212 e. The number of nitrogens with zero attached hydrogens (tertiary/aromatic N) is 2. The summed E-state index contributed by atoms with van der Waals surface area (Å²) in [5.74, 6) is 0.333. The normalized spacial score (nSPS) is 11.5. The fraction of sp³-hybridized carbons (Fsp3) is 0.417. The summed E-state index contributed by atoms with van der Waals surface area (Å²) < 4.78 is 25.6. The number of benzene rings is 1. The molecule has 104 valence electrons. The van der Waals surface area contributed by atoms with Gasteiger partial charge in [-0.2, -0.15) is 9.57 Å². The first kappa shape index (κ1) is 16.3. The van der Waals surface area contributed by atoms with Gasteiger partial charge in [-0.25, -0.2) is 8.42 Å². The lowest BCUT2D eigenvalue weighted by molar-refractivity contribution is 0.447. The number of rotatable bonds is 7. The molecule has 0 bridgehead atoms. The van der Waals surface area contributed by atoms with Crippen molar-refractivity contribution in [3.8, 4) is 6.07 Å². The molecule has 0 aliphatic heterocycles. The van der Waals surface area contributed by atoms with Crippen molar-refractivity contribution >= 4 is 33.2 Å². The van der Waals surface area contributed by atoms with Crippen LogP contribution in [-0.2, 0) is 15.8 Å². The number of hydrogen-bond donors (Lipinski definition) is 0. The van der Waals surface area contributed by atoms with E-state index >= 15 is 0 Å². The van der Waals surface area contributed by atoms with Crippen molar-refractivity contribution in [2.24, 2.45) is 0 Å². The molecule has 0 N–H and O–H groups in total. The first-order valence-corrected chi connectivity index (χ1v) is 8.30. The molecule has 7 heteroatoms. The number of nitriles is 1. The highest BCUT2D eigenvalue weighted by molar-refractivity contribution is 7.88. The van der Waals surface area contributed by atoms with Gasteiger partial charge in [0.25, 0.3) is 0 Å². The molecule has 0 aromatic heterocycles. The largest absolute Gasteiger partial charge is 0.218 e. The first-order valence-electron chi connectivity index (χ1n) is 5.62. The van der Waals surface area contributed by atoms with Gasteiger partial charge in [0, 0.05) is 24.8 Å². The molecule has 1 aromatic carbocycles. The van der Waals surface area contributed by atoms with Gasteiger partial charge < -0.3 is 0 Å². The predicted molar refractivity (Wildman–Crippen MR) is 76.8 cm³/mol. The Bertz CT molecular complexity index is 532. The highest BCUT2D eigenvalue weighted by atomic mass is 35.5. The Kier molecular flexibility index (Phi) is 6.59. The molecular formula is C12H14Cl2N2O2S. The second-order valence-electron chi connectivity index (χ2n) is 3.84. The van der Waals surface area contributed by atoms with Crippen LogP contribution in [0.2, 0.25) is 0 Å². The Balaban J connectivity index is 2.84. The molecule has 0 saturated heterocycles. The Labute approximate surface area is 123 Å². The van der Waals surface area contributed by atoms with Crippen LogP contribution in [-0.4, -0.2) is 37.6 Å². The lowest BCUT2D eigenvalue weighted by Crippen LogP contribution is -2.35. The zero-order valence-electron chi connectivity index (χ0n) is 10.2. The van der Waals surface area contributed by atoms with Crippen molar-refractivity contribution in [2.75, 3.05) is 24.8 Å². The lowest BCUT2D eigenvalue weighted by atomic mass is 10.2. The number of hydrogen-bond acceptors (Lipinski definition) is 3. The molecule has 0 aliphatic carbocycles. The summed E-state index contributed by atoms with van der Waals surface area (Å²) in [4.78, 5) is 0. The summed E-state index contributed by atoms with van der Waals surface area (Å²) >= 11 is 11.2. The van der Waals surface area contributed by atoms with Crippen LogP contribution in [0.1, 0.15) is 11.1 Å². The van der Waals surface area contributed by atoms with Gasteiger partial charge in [-0.05, 0) is 17.7 Å². The Morgan fingerprint density at radius 3 is 2.05 bits per heavy atom. The van der Waals surface area contributed by atoms with Crippen molar-refractivity contribution in [2.45, 2.75) is 5.75 Å². The molecule has 0 unspecified atom stereocenters. The zero-order valence-corrected chi connectivity index (χ0v) is 12.5. The third-order valence-corrected chi connectivity index (χ3v) is 4.68. The summed E-state index contributed by atoms with van der Waals surface area (Å²) in [5.41, 5.74) is 1.13. The molecule has 0 atom stereocenters. The third-order valence-electron chi connectivity index (χ3n) is 2.49. The van der Waals surface area contributed by atoms with Gasteiger partial charge in [0.05, 0.1) is 17.4 Å². The van der Waals surface area contributed by atoms with Gasteiger partial charge in [0.1, 0.15) is 0 Å². The summed E-state index contributed by atoms with van der Waals surface area (Å²) in [6, 6.07) is 8.45. The van der Waals surface area contributed by atoms with Crippen LogP contribution < -0.4 is 0 Å². The molecule has 0 amide bonds. The van der Waals surface area contributed by atoms with E-state index in [9.17, 15) is 8.42 Å². The minimum atomic E-state index is -3.44. The van der Waals surface area contributed by atoms with E-state index < -0.39 is 10.0 Å². The van der Waals surface area contributed by atoms with Crippen molar-refractivity contribution < 1.29 is 8.42 Å². The van der Waals surface area contributed by atoms with E-state index in [4.69, 9.17) is 28.5 Å². The summed E-state index contributed by atoms with van der Waals surface area (Å²) in [6.07, 6.45) is 0. The summed E-state index contributed by atoms with van der Waals surface area (Å²) in [6.45, 7) is 0.486. The predicted octanol–water partition coefficient (Wildman–Crippen LogP) is 2.17. The lowest BCUT2D eigenvalue weighted by Gasteiger charge is -2.20. The molecule has 1 aromatic rings. The molecule has 0 spiro atoms. The van der Waals surface area contributed by atoms with Gasteiger partial charge in [0.2, 0.25) is 10.0 Å². The maximum atomic E-state index is 12.2. The van der Waals surface area contributed by atoms with Crippen LogP contribution in [0, 0.1) is 11.3 Å². The number of halogens is 2. The average molecular weight is 321 g/mol. The van der Waals surface area contributed by atoms with Crippen molar-refractivity contribution in [1.82, 2.24) is 4.31 Å². The summed E-state index contributed by atoms with van der Waals surface area (Å²) in [5, 5.41) is 8.68. The van der Waals surface area contributed by atoms with E-state index in [0.29, 0.717) is 11.1 Å². The quantitative estimate of drug-likeness (QED) is 0.723. The topological polar surface area (TPSA) is 61.2 Å². The molecule has 0 saturated carbocycles. The van der Waals surface area contributed by atoms with Crippen LogP contribution in [0.5, 0.6) is 0 Å². The second-order valence-corrected chi connectivity index (χ2v) is 6.57. The van der Waals surface area contributed by atoms with E-state index in [1.807, 2.05) is 6.07 Å². The second kappa shape index (κ2) is 7.71. The van der Waals surface area contributed by atoms with E-state index in [1.54, 1.807) is 24.3 Å². The number of sulfonamides is 1. The molecule has 0 radical (unpaired) electrons. The Morgan fingerprint density at radius 2 is 1.63 bits per heavy atom. The van der Waals surface area contributed by atoms with Gasteiger partial charge in [-0.1, -0.05) is 12.1 Å². The molecule has 0 heterocycles. The molecular weight excluding hydrogens is 307 g/mol. The van der Waals surface area contributed by atoms with Crippen LogP contribution in [0.4, 0.5) is 0 Å². The van der Waals surface area contributed by atoms with E-state index in [1.165, 1.54) is 4.31 Å². The highest BCUT2D eigenvalue weighted by Crippen LogP contribution is 2.12. The highest BCUT2D eigenvalue weighted by Gasteiger charge is 2.21. The van der Waals surface area contributed by atoms with Crippen LogP contribution >= 0.6 is 23.2 Å². The van der Waals surface area contributed by atoms with Gasteiger partial charge >= 0.3 is 0 Å². The fourth-order valence-corrected chi connectivity index (χ4v) is 3.70. The van der Waals surface area contributed by atoms with Crippen LogP contribution in [0.25, 0.3) is 0 Å². The van der Waals surface area contributed by atoms with Gasteiger partial charge in [-0.15, -0.1) is 23.2 Å². The van der Waals surface area contributed by atoms with Gasteiger partial charge in [0.15, 0.2) is 0 Å². The average Bonchev–Trinajstić information content (AvgIpc) is 2.39. The zero-order chi connectivity index (χ0) is 14.3. The molecule has 19 heavy (non-hydrogen) atoms. The Morgan fingerprint density at radius 1 is 1.11 bits per heavy atom. The minimum Gasteiger partial charge on any atom is -0.212 e. The standard InChI is InChI=1S/C12H14Cl2N2O2S/c13-5-7-16(8-6-14)19(17,18)10-12-3-1-11(9-15)2-4-12/h1-4H,5-8,10H2. The molecule has 0 aliphatic rings. The van der Waals surface area contributed by atoms with Crippen molar-refractivity contribution in [3.05, 3.63) is 35.4 Å².